The number of rotatable bonds is 33. The van der Waals surface area contributed by atoms with Gasteiger partial charge in [0.25, 0.3) is 0 Å². The van der Waals surface area contributed by atoms with E-state index in [9.17, 15) is 67.7 Å². The van der Waals surface area contributed by atoms with Gasteiger partial charge in [-0.3, -0.25) is 57.7 Å². The zero-order chi connectivity index (χ0) is 57.4. The van der Waals surface area contributed by atoms with Crippen molar-refractivity contribution in [1.82, 2.24) is 42.1 Å². The third-order valence-electron chi connectivity index (χ3n) is 11.6. The third-order valence-corrected chi connectivity index (χ3v) is 11.6. The number of carboxylic acids is 2. The van der Waals surface area contributed by atoms with Crippen LogP contribution in [0.3, 0.4) is 0 Å². The molecule has 422 valence electrons. The summed E-state index contributed by atoms with van der Waals surface area (Å²) in [6.45, 7) is 6.19. The lowest BCUT2D eigenvalue weighted by atomic mass is 9.98. The van der Waals surface area contributed by atoms with Gasteiger partial charge in [0.15, 0.2) is 5.96 Å². The molecule has 1 aromatic rings. The molecule has 1 heterocycles. The molecule has 2 rings (SSSR count). The van der Waals surface area contributed by atoms with Crippen LogP contribution in [0.4, 0.5) is 0 Å². The molecule has 1 aliphatic heterocycles. The van der Waals surface area contributed by atoms with Crippen molar-refractivity contribution >= 4 is 77.0 Å². The minimum Gasteiger partial charge on any atom is -0.481 e. The number of carbonyl (C=O) groups is 12. The van der Waals surface area contributed by atoms with Crippen LogP contribution in [0, 0.1) is 11.8 Å². The van der Waals surface area contributed by atoms with Crippen LogP contribution in [0.25, 0.3) is 0 Å². The van der Waals surface area contributed by atoms with E-state index in [2.05, 4.69) is 36.9 Å². The second-order valence-electron chi connectivity index (χ2n) is 19.1. The molecule has 0 spiro atoms. The number of aliphatic carboxylic acids is 2. The summed E-state index contributed by atoms with van der Waals surface area (Å²) in [6.07, 6.45) is -2.73. The van der Waals surface area contributed by atoms with E-state index in [1.807, 2.05) is 5.32 Å². The van der Waals surface area contributed by atoms with E-state index in [1.165, 1.54) is 0 Å². The first-order valence-corrected chi connectivity index (χ1v) is 24.5. The molecule has 0 aliphatic carbocycles. The van der Waals surface area contributed by atoms with Gasteiger partial charge < -0.3 is 86.1 Å². The predicted molar refractivity (Wildman–Crippen MR) is 270 cm³/mol. The van der Waals surface area contributed by atoms with Gasteiger partial charge in [0.05, 0.1) is 25.9 Å². The Kier molecular flexibility index (Phi) is 26.8. The van der Waals surface area contributed by atoms with E-state index < -0.39 is 151 Å². The maximum absolute atomic E-state index is 14.3. The average molecular weight is 1080 g/mol. The molecular formula is C47H74N14O15. The summed E-state index contributed by atoms with van der Waals surface area (Å²) in [7, 11) is 0. The highest BCUT2D eigenvalue weighted by atomic mass is 16.4. The van der Waals surface area contributed by atoms with E-state index in [1.54, 1.807) is 58.0 Å². The van der Waals surface area contributed by atoms with Gasteiger partial charge in [-0.2, -0.15) is 0 Å². The number of nitrogens with one attached hydrogen (secondary N) is 7. The number of aliphatic imine (C=N–C) groups is 1. The molecule has 10 amide bonds. The molecule has 0 bridgehead atoms. The fourth-order valence-corrected chi connectivity index (χ4v) is 7.92. The van der Waals surface area contributed by atoms with E-state index in [0.717, 1.165) is 4.90 Å². The quantitative estimate of drug-likeness (QED) is 0.0177. The highest BCUT2D eigenvalue weighted by Crippen LogP contribution is 2.20. The number of benzene rings is 1. The first kappa shape index (κ1) is 64.2. The summed E-state index contributed by atoms with van der Waals surface area (Å²) < 4.78 is 0. The van der Waals surface area contributed by atoms with Crippen LogP contribution < -0.4 is 65.9 Å². The summed E-state index contributed by atoms with van der Waals surface area (Å²) in [5, 5.41) is 45.0. The average Bonchev–Trinajstić information content (AvgIpc) is 3.83. The predicted octanol–water partition coefficient (Wildman–Crippen LogP) is -5.61. The Balaban J connectivity index is 2.45. The Morgan fingerprint density at radius 2 is 1.09 bits per heavy atom. The number of nitrogens with two attached hydrogens (primary N) is 5. The summed E-state index contributed by atoms with van der Waals surface area (Å²) >= 11 is 0. The lowest BCUT2D eigenvalue weighted by Gasteiger charge is -2.31. The van der Waals surface area contributed by atoms with Gasteiger partial charge in [0.2, 0.25) is 59.1 Å². The molecule has 0 unspecified atom stereocenters. The van der Waals surface area contributed by atoms with Gasteiger partial charge >= 0.3 is 11.9 Å². The summed E-state index contributed by atoms with van der Waals surface area (Å²) in [6, 6.07) is -5.08. The lowest BCUT2D eigenvalue weighted by molar-refractivity contribution is -0.147. The van der Waals surface area contributed by atoms with Crippen molar-refractivity contribution in [1.29, 1.82) is 0 Å². The number of nitrogens with zero attached hydrogens (tertiary/aromatic N) is 2. The van der Waals surface area contributed by atoms with Gasteiger partial charge in [-0.15, -0.1) is 0 Å². The van der Waals surface area contributed by atoms with E-state index in [4.69, 9.17) is 33.8 Å². The first-order chi connectivity index (χ1) is 35.6. The molecule has 20 N–H and O–H groups in total. The van der Waals surface area contributed by atoms with Crippen LogP contribution in [0.15, 0.2) is 35.3 Å². The Hall–Kier alpha value is -7.95. The van der Waals surface area contributed by atoms with Crippen molar-refractivity contribution in [2.75, 3.05) is 19.7 Å². The molecule has 0 radical (unpaired) electrons. The van der Waals surface area contributed by atoms with Gasteiger partial charge in [-0.05, 0) is 55.9 Å². The number of amides is 10. The Morgan fingerprint density at radius 3 is 1.59 bits per heavy atom. The zero-order valence-electron chi connectivity index (χ0n) is 43.0. The molecule has 1 saturated heterocycles. The number of hydrogen-bond acceptors (Lipinski definition) is 15. The Labute approximate surface area is 438 Å². The van der Waals surface area contributed by atoms with Crippen molar-refractivity contribution in [3.8, 4) is 0 Å². The maximum atomic E-state index is 14.3. The van der Waals surface area contributed by atoms with Crippen molar-refractivity contribution < 1.29 is 72.9 Å². The molecule has 76 heavy (non-hydrogen) atoms. The van der Waals surface area contributed by atoms with Gasteiger partial charge in [-0.1, -0.05) is 58.0 Å². The number of hydrogen-bond donors (Lipinski definition) is 15. The summed E-state index contributed by atoms with van der Waals surface area (Å²) in [4.78, 5) is 162. The zero-order valence-corrected chi connectivity index (χ0v) is 43.0. The molecule has 0 aromatic heterocycles. The molecule has 29 nitrogen and oxygen atoms in total. The second kappa shape index (κ2) is 31.7. The van der Waals surface area contributed by atoms with Crippen molar-refractivity contribution in [3.63, 3.8) is 0 Å². The Bertz CT molecular complexity index is 2260. The number of primary amides is 2. The lowest BCUT2D eigenvalue weighted by Crippen LogP contribution is -2.61. The summed E-state index contributed by atoms with van der Waals surface area (Å²) in [5.41, 5.74) is 28.1. The van der Waals surface area contributed by atoms with Crippen LogP contribution in [0.1, 0.15) is 91.0 Å². The number of carboxylic acid groups (broad SMARTS) is 2. The van der Waals surface area contributed by atoms with Gasteiger partial charge in [0.1, 0.15) is 54.4 Å². The van der Waals surface area contributed by atoms with Crippen LogP contribution in [0.2, 0.25) is 0 Å². The maximum Gasteiger partial charge on any atom is 0.326 e. The number of likely N-dealkylation sites (tertiary alicyclic amines) is 1. The molecule has 29 heteroatoms. The van der Waals surface area contributed by atoms with Crippen LogP contribution in [0.5, 0.6) is 0 Å². The smallest absolute Gasteiger partial charge is 0.326 e. The number of guanidine groups is 1. The molecule has 1 aromatic carbocycles. The van der Waals surface area contributed by atoms with Crippen LogP contribution in [-0.4, -0.2) is 171 Å². The minimum atomic E-state index is -1.96. The Morgan fingerprint density at radius 1 is 0.618 bits per heavy atom. The fraction of sp³-hybridized carbons (Fsp3) is 0.596. The van der Waals surface area contributed by atoms with E-state index in [0.29, 0.717) is 5.56 Å². The normalized spacial score (nSPS) is 16.2. The second-order valence-corrected chi connectivity index (χ2v) is 19.1. The van der Waals surface area contributed by atoms with E-state index in [-0.39, 0.29) is 75.8 Å². The van der Waals surface area contributed by atoms with Crippen LogP contribution in [-0.2, 0) is 64.0 Å². The van der Waals surface area contributed by atoms with Crippen molar-refractivity contribution in [2.45, 2.75) is 146 Å². The van der Waals surface area contributed by atoms with Crippen molar-refractivity contribution in [3.05, 3.63) is 35.9 Å². The number of aliphatic hydroxyl groups is 1. The summed E-state index contributed by atoms with van der Waals surface area (Å²) in [5.74, 6) is -13.9. The third kappa shape index (κ3) is 22.7. The van der Waals surface area contributed by atoms with E-state index >= 15 is 0 Å². The molecule has 9 atom stereocenters. The van der Waals surface area contributed by atoms with Gasteiger partial charge in [-0.25, -0.2) is 4.79 Å². The topological polar surface area (TPSA) is 495 Å². The number of aliphatic hydroxyl groups excluding tert-OH is 1. The van der Waals surface area contributed by atoms with Gasteiger partial charge in [0, 0.05) is 19.5 Å². The highest BCUT2D eigenvalue weighted by Gasteiger charge is 2.41. The minimum absolute atomic E-state index is 0.000370. The SMILES string of the molecule is CC(C)C[C@H](NC(=O)[C@H](CC(C)C)NC(=O)[C@H](Cc1ccccc1)NC(=O)[C@@H](N)CO)C(=O)N[C@@H](CCCN=C(N)N)C(=O)N[C@@H](CC(N)=O)C(=O)N1CCC[C@H]1C(=O)N[C@@H](CC(N)=O)C(=O)N[C@@H](CC(=O)O)C(=O)O. The molecular weight excluding hydrogens is 1000 g/mol. The monoisotopic (exact) mass is 1070 g/mol. The van der Waals surface area contributed by atoms with Crippen molar-refractivity contribution in [2.24, 2.45) is 45.5 Å². The highest BCUT2D eigenvalue weighted by molar-refractivity contribution is 6.00. The number of carbonyl (C=O) groups excluding carboxylic acids is 10. The molecule has 0 saturated carbocycles. The fourth-order valence-electron chi connectivity index (χ4n) is 7.92. The van der Waals surface area contributed by atoms with Crippen LogP contribution >= 0.6 is 0 Å². The first-order valence-electron chi connectivity index (χ1n) is 24.5. The molecule has 1 aliphatic rings. The standard InChI is InChI=1S/C47H74N14O15/c1-23(2)16-28(56-41(70)29(17-24(3)4)57-42(71)30(55-38(67)26(48)22-62)18-25-10-6-5-7-11-25)40(69)54-27(12-8-14-53-47(51)52)39(68)59-32(20-36(50)64)45(74)61-15-9-13-34(61)44(73)58-31(19-35(49)63)43(72)60-33(46(75)76)21-37(65)66/h5-7,10-11,23-24,26-34,62H,8-9,12-22,48H2,1-4H3,(H2,49,63)(H2,50,64)(H,54,69)(H,55,67)(H,56,70)(H,57,71)(H,58,73)(H,59,68)(H,60,72)(H,65,66)(H,75,76)(H4,51,52,53)/t26-,27-,28-,29-,30-,31-,32-,33-,34-/m0/s1. The largest absolute Gasteiger partial charge is 0.481 e. The molecule has 1 fully saturated rings.